The highest BCUT2D eigenvalue weighted by atomic mass is 32.2. The Bertz CT molecular complexity index is 895. The molecule has 27 heavy (non-hydrogen) atoms. The monoisotopic (exact) mass is 378 g/mol. The lowest BCUT2D eigenvalue weighted by Crippen LogP contribution is -2.42. The van der Waals surface area contributed by atoms with Gasteiger partial charge >= 0.3 is 0 Å². The fourth-order valence-electron chi connectivity index (χ4n) is 4.22. The zero-order valence-electron chi connectivity index (χ0n) is 16.2. The van der Waals surface area contributed by atoms with Gasteiger partial charge < -0.3 is 4.90 Å². The van der Waals surface area contributed by atoms with Gasteiger partial charge in [0.2, 0.25) is 0 Å². The minimum absolute atomic E-state index is 0.135. The van der Waals surface area contributed by atoms with E-state index in [2.05, 4.69) is 51.1 Å². The van der Waals surface area contributed by atoms with Gasteiger partial charge in [0.15, 0.2) is 0 Å². The number of fused-ring (bicyclic) bond motifs is 2. The van der Waals surface area contributed by atoms with Crippen molar-refractivity contribution in [2.24, 2.45) is 16.8 Å². The summed E-state index contributed by atoms with van der Waals surface area (Å²) >= 11 is 1.74. The molecule has 2 aromatic rings. The van der Waals surface area contributed by atoms with Crippen LogP contribution in [0.5, 0.6) is 0 Å². The first-order valence-electron chi connectivity index (χ1n) is 9.83. The van der Waals surface area contributed by atoms with Crippen molar-refractivity contribution in [1.29, 1.82) is 0 Å². The normalized spacial score (nSPS) is 21.7. The average molecular weight is 379 g/mol. The zero-order chi connectivity index (χ0) is 19.0. The van der Waals surface area contributed by atoms with Crippen LogP contribution in [0.3, 0.4) is 0 Å². The van der Waals surface area contributed by atoms with Crippen LogP contribution in [0, 0.1) is 11.8 Å². The number of piperidine rings is 1. The zero-order valence-corrected chi connectivity index (χ0v) is 17.1. The minimum atomic E-state index is 0.135. The van der Waals surface area contributed by atoms with Crippen LogP contribution >= 0.6 is 11.8 Å². The molecule has 1 amide bonds. The lowest BCUT2D eigenvalue weighted by molar-refractivity contribution is 0.0623. The van der Waals surface area contributed by atoms with Crippen LogP contribution in [0.2, 0.25) is 0 Å². The van der Waals surface area contributed by atoms with E-state index in [-0.39, 0.29) is 5.91 Å². The van der Waals surface area contributed by atoms with Gasteiger partial charge in [-0.2, -0.15) is 0 Å². The molecule has 0 N–H and O–H groups in total. The van der Waals surface area contributed by atoms with E-state index in [1.807, 2.05) is 17.0 Å². The van der Waals surface area contributed by atoms with E-state index in [4.69, 9.17) is 4.99 Å². The average Bonchev–Trinajstić information content (AvgIpc) is 2.82. The number of carbonyl (C=O) groups excluding carboxylic acids is 1. The Labute approximate surface area is 165 Å². The molecule has 2 aliphatic rings. The molecular formula is C23H26N2OS. The predicted molar refractivity (Wildman–Crippen MR) is 112 cm³/mol. The third kappa shape index (κ3) is 3.68. The molecule has 2 heterocycles. The lowest BCUT2D eigenvalue weighted by Gasteiger charge is -2.35. The molecular weight excluding hydrogens is 352 g/mol. The summed E-state index contributed by atoms with van der Waals surface area (Å²) in [5.41, 5.74) is 3.95. The van der Waals surface area contributed by atoms with Crippen molar-refractivity contribution in [3.63, 3.8) is 0 Å². The SMILES string of the molecule is CCC1=Nc2cc(C(=O)N3C[C@@H](C)C[C@H](C)C3)ccc2Sc2ccccc21. The van der Waals surface area contributed by atoms with Crippen molar-refractivity contribution in [2.45, 2.75) is 43.4 Å². The molecule has 0 saturated carbocycles. The van der Waals surface area contributed by atoms with E-state index in [1.165, 1.54) is 16.9 Å². The second-order valence-electron chi connectivity index (χ2n) is 7.85. The molecule has 1 saturated heterocycles. The van der Waals surface area contributed by atoms with Gasteiger partial charge in [-0.1, -0.05) is 50.7 Å². The summed E-state index contributed by atoms with van der Waals surface area (Å²) < 4.78 is 0. The van der Waals surface area contributed by atoms with E-state index in [0.717, 1.165) is 41.4 Å². The number of likely N-dealkylation sites (tertiary alicyclic amines) is 1. The first-order chi connectivity index (χ1) is 13.0. The molecule has 0 unspecified atom stereocenters. The topological polar surface area (TPSA) is 32.7 Å². The third-order valence-electron chi connectivity index (χ3n) is 5.37. The Balaban J connectivity index is 1.69. The van der Waals surface area contributed by atoms with Gasteiger partial charge in [0.25, 0.3) is 5.91 Å². The maximum absolute atomic E-state index is 13.1. The molecule has 0 aliphatic carbocycles. The molecule has 140 valence electrons. The number of nitrogens with zero attached hydrogens (tertiary/aromatic N) is 2. The molecule has 2 aliphatic heterocycles. The van der Waals surface area contributed by atoms with E-state index in [1.54, 1.807) is 11.8 Å². The standard InChI is InChI=1S/C23H26N2OS/c1-4-19-18-7-5-6-8-21(18)27-22-10-9-17(12-20(22)24-19)23(26)25-13-15(2)11-16(3)14-25/h5-10,12,15-16H,4,11,13-14H2,1-3H3/t15-,16-/m0/s1. The van der Waals surface area contributed by atoms with Crippen molar-refractivity contribution in [3.8, 4) is 0 Å². The smallest absolute Gasteiger partial charge is 0.253 e. The van der Waals surface area contributed by atoms with Gasteiger partial charge in [-0.05, 0) is 48.9 Å². The Kier molecular flexibility index (Phi) is 5.09. The molecule has 0 radical (unpaired) electrons. The van der Waals surface area contributed by atoms with Crippen molar-refractivity contribution in [1.82, 2.24) is 4.90 Å². The summed E-state index contributed by atoms with van der Waals surface area (Å²) in [6.07, 6.45) is 2.07. The molecule has 0 spiro atoms. The quantitative estimate of drug-likeness (QED) is 0.661. The molecule has 2 atom stereocenters. The Morgan fingerprint density at radius 3 is 2.59 bits per heavy atom. The van der Waals surface area contributed by atoms with Gasteiger partial charge in [0.1, 0.15) is 0 Å². The number of hydrogen-bond donors (Lipinski definition) is 0. The maximum atomic E-state index is 13.1. The van der Waals surface area contributed by atoms with E-state index in [9.17, 15) is 4.79 Å². The van der Waals surface area contributed by atoms with Gasteiger partial charge in [-0.15, -0.1) is 0 Å². The van der Waals surface area contributed by atoms with Gasteiger partial charge in [-0.25, -0.2) is 0 Å². The second kappa shape index (κ2) is 7.51. The number of hydrogen-bond acceptors (Lipinski definition) is 3. The van der Waals surface area contributed by atoms with Gasteiger partial charge in [-0.3, -0.25) is 9.79 Å². The van der Waals surface area contributed by atoms with Gasteiger partial charge in [0, 0.05) is 39.7 Å². The van der Waals surface area contributed by atoms with Gasteiger partial charge in [0.05, 0.1) is 5.69 Å². The number of carbonyl (C=O) groups is 1. The Morgan fingerprint density at radius 2 is 1.85 bits per heavy atom. The summed E-state index contributed by atoms with van der Waals surface area (Å²) in [7, 11) is 0. The summed E-state index contributed by atoms with van der Waals surface area (Å²) in [4.78, 5) is 22.4. The highest BCUT2D eigenvalue weighted by molar-refractivity contribution is 7.99. The lowest BCUT2D eigenvalue weighted by atomic mass is 9.91. The number of amides is 1. The van der Waals surface area contributed by atoms with Crippen LogP contribution in [0.1, 0.15) is 49.5 Å². The van der Waals surface area contributed by atoms with Crippen LogP contribution in [0.15, 0.2) is 57.2 Å². The minimum Gasteiger partial charge on any atom is -0.338 e. The predicted octanol–water partition coefficient (Wildman–Crippen LogP) is 5.80. The summed E-state index contributed by atoms with van der Waals surface area (Å²) in [5, 5.41) is 0. The van der Waals surface area contributed by atoms with E-state index in [0.29, 0.717) is 11.8 Å². The number of rotatable bonds is 2. The Hall–Kier alpha value is -2.07. The van der Waals surface area contributed by atoms with Crippen LogP contribution in [-0.4, -0.2) is 29.6 Å². The second-order valence-corrected chi connectivity index (χ2v) is 8.93. The summed E-state index contributed by atoms with van der Waals surface area (Å²) in [6.45, 7) is 8.31. The van der Waals surface area contributed by atoms with E-state index >= 15 is 0 Å². The van der Waals surface area contributed by atoms with Crippen molar-refractivity contribution >= 4 is 29.1 Å². The summed E-state index contributed by atoms with van der Waals surface area (Å²) in [5.74, 6) is 1.26. The first-order valence-corrected chi connectivity index (χ1v) is 10.6. The molecule has 3 nitrogen and oxygen atoms in total. The van der Waals surface area contributed by atoms with Crippen LogP contribution in [0.25, 0.3) is 0 Å². The molecule has 0 aromatic heterocycles. The highest BCUT2D eigenvalue weighted by Gasteiger charge is 2.27. The van der Waals surface area contributed by atoms with Crippen LogP contribution < -0.4 is 0 Å². The summed E-state index contributed by atoms with van der Waals surface area (Å²) in [6, 6.07) is 14.4. The molecule has 2 aromatic carbocycles. The van der Waals surface area contributed by atoms with E-state index < -0.39 is 0 Å². The molecule has 4 heteroatoms. The maximum Gasteiger partial charge on any atom is 0.253 e. The molecule has 4 rings (SSSR count). The molecule has 1 fully saturated rings. The fourth-order valence-corrected chi connectivity index (χ4v) is 5.25. The van der Waals surface area contributed by atoms with Crippen LogP contribution in [0.4, 0.5) is 5.69 Å². The number of benzene rings is 2. The van der Waals surface area contributed by atoms with Crippen molar-refractivity contribution in [2.75, 3.05) is 13.1 Å². The fraction of sp³-hybridized carbons (Fsp3) is 0.391. The number of aliphatic imine (C=N–C) groups is 1. The van der Waals surface area contributed by atoms with Crippen molar-refractivity contribution in [3.05, 3.63) is 53.6 Å². The highest BCUT2D eigenvalue weighted by Crippen LogP contribution is 2.41. The first kappa shape index (κ1) is 18.3. The van der Waals surface area contributed by atoms with Crippen molar-refractivity contribution < 1.29 is 4.79 Å². The molecule has 0 bridgehead atoms. The van der Waals surface area contributed by atoms with Crippen LogP contribution in [-0.2, 0) is 0 Å². The third-order valence-corrected chi connectivity index (χ3v) is 6.51. The Morgan fingerprint density at radius 1 is 1.11 bits per heavy atom. The largest absolute Gasteiger partial charge is 0.338 e.